The average Bonchev–Trinajstić information content (AvgIpc) is 3.12. The maximum absolute atomic E-state index is 12.5. The molecule has 0 saturated heterocycles. The van der Waals surface area contributed by atoms with Gasteiger partial charge in [-0.2, -0.15) is 5.10 Å². The van der Waals surface area contributed by atoms with E-state index in [-0.39, 0.29) is 5.91 Å². The molecule has 3 rings (SSSR count). The van der Waals surface area contributed by atoms with Crippen molar-refractivity contribution in [2.24, 2.45) is 0 Å². The molecule has 25 heavy (non-hydrogen) atoms. The number of benzene rings is 1. The van der Waals surface area contributed by atoms with Crippen LogP contribution in [0.1, 0.15) is 12.5 Å². The van der Waals surface area contributed by atoms with Crippen LogP contribution in [-0.2, 0) is 4.79 Å². The van der Waals surface area contributed by atoms with E-state index in [1.54, 1.807) is 34.1 Å². The summed E-state index contributed by atoms with van der Waals surface area (Å²) in [4.78, 5) is 18.4. The smallest absolute Gasteiger partial charge is 0.252 e. The second-order valence-corrected chi connectivity index (χ2v) is 6.22. The van der Waals surface area contributed by atoms with Gasteiger partial charge in [-0.3, -0.25) is 9.69 Å². The summed E-state index contributed by atoms with van der Waals surface area (Å²) in [6.07, 6.45) is 8.59. The molecule has 0 fully saturated rings. The van der Waals surface area contributed by atoms with E-state index >= 15 is 0 Å². The van der Waals surface area contributed by atoms with Crippen molar-refractivity contribution in [3.8, 4) is 5.69 Å². The molecule has 0 bridgehead atoms. The topological polar surface area (TPSA) is 51.0 Å². The Kier molecular flexibility index (Phi) is 5.40. The summed E-state index contributed by atoms with van der Waals surface area (Å²) in [5.41, 5.74) is 1.83. The molecule has 0 radical (unpaired) electrons. The molecule has 0 aliphatic carbocycles. The Labute approximate surface area is 154 Å². The predicted octanol–water partition coefficient (Wildman–Crippen LogP) is 4.10. The number of carbonyl (C=O) groups is 1. The van der Waals surface area contributed by atoms with E-state index in [2.05, 4.69) is 26.0 Å². The third-order valence-corrected chi connectivity index (χ3v) is 4.08. The summed E-state index contributed by atoms with van der Waals surface area (Å²) in [5.74, 6) is 0.505. The molecule has 0 spiro atoms. The summed E-state index contributed by atoms with van der Waals surface area (Å²) < 4.78 is 2.65. The maximum Gasteiger partial charge on any atom is 0.252 e. The van der Waals surface area contributed by atoms with Crippen LogP contribution in [0.15, 0.2) is 71.6 Å². The fourth-order valence-electron chi connectivity index (χ4n) is 2.36. The van der Waals surface area contributed by atoms with Crippen LogP contribution >= 0.6 is 15.9 Å². The van der Waals surface area contributed by atoms with Gasteiger partial charge in [0.1, 0.15) is 5.82 Å². The summed E-state index contributed by atoms with van der Waals surface area (Å²) in [6.45, 7) is 2.46. The fourth-order valence-corrected chi connectivity index (χ4v) is 2.60. The van der Waals surface area contributed by atoms with Crippen molar-refractivity contribution in [2.45, 2.75) is 6.92 Å². The molecule has 2 heterocycles. The molecule has 0 atom stereocenters. The molecule has 126 valence electrons. The van der Waals surface area contributed by atoms with E-state index in [4.69, 9.17) is 0 Å². The van der Waals surface area contributed by atoms with E-state index in [1.807, 2.05) is 55.6 Å². The van der Waals surface area contributed by atoms with E-state index in [0.717, 1.165) is 15.7 Å². The number of pyridine rings is 1. The number of aromatic nitrogens is 3. The first kappa shape index (κ1) is 17.1. The maximum atomic E-state index is 12.5. The van der Waals surface area contributed by atoms with Gasteiger partial charge >= 0.3 is 0 Å². The van der Waals surface area contributed by atoms with Crippen molar-refractivity contribution in [3.05, 3.63) is 77.2 Å². The Hall–Kier alpha value is -2.73. The molecular weight excluding hydrogens is 380 g/mol. The molecule has 0 saturated carbocycles. The van der Waals surface area contributed by atoms with Gasteiger partial charge in [0.05, 0.1) is 11.9 Å². The van der Waals surface area contributed by atoms with Crippen molar-refractivity contribution >= 4 is 33.7 Å². The molecule has 5 nitrogen and oxygen atoms in total. The summed E-state index contributed by atoms with van der Waals surface area (Å²) in [7, 11) is 0. The van der Waals surface area contributed by atoms with Gasteiger partial charge in [-0.1, -0.05) is 18.2 Å². The molecule has 3 aromatic rings. The minimum Gasteiger partial charge on any atom is -0.294 e. The number of rotatable bonds is 5. The monoisotopic (exact) mass is 396 g/mol. The van der Waals surface area contributed by atoms with Crippen molar-refractivity contribution in [3.63, 3.8) is 0 Å². The molecule has 0 N–H and O–H groups in total. The van der Waals surface area contributed by atoms with Gasteiger partial charge in [-0.15, -0.1) is 0 Å². The van der Waals surface area contributed by atoms with Crippen LogP contribution in [0.2, 0.25) is 0 Å². The van der Waals surface area contributed by atoms with Gasteiger partial charge in [0, 0.05) is 35.1 Å². The minimum absolute atomic E-state index is 0.121. The predicted molar refractivity (Wildman–Crippen MR) is 103 cm³/mol. The Bertz CT molecular complexity index is 872. The van der Waals surface area contributed by atoms with Crippen LogP contribution < -0.4 is 4.90 Å². The van der Waals surface area contributed by atoms with Crippen molar-refractivity contribution in [1.82, 2.24) is 14.8 Å². The molecule has 1 aromatic carbocycles. The molecule has 6 heteroatoms. The van der Waals surface area contributed by atoms with Crippen LogP contribution in [0, 0.1) is 0 Å². The Morgan fingerprint density at radius 1 is 1.20 bits per heavy atom. The Morgan fingerprint density at radius 2 is 2.00 bits per heavy atom. The molecule has 0 unspecified atom stereocenters. The standard InChI is InChI=1S/C19H17BrN4O/c1-2-23(18-10-9-16(20)13-21-18)19(25)11-8-15-12-22-24(14-15)17-6-4-3-5-7-17/h3-14H,2H2,1H3/b11-8+. The number of hydrogen-bond acceptors (Lipinski definition) is 3. The van der Waals surface area contributed by atoms with Gasteiger partial charge in [0.15, 0.2) is 0 Å². The van der Waals surface area contributed by atoms with Gasteiger partial charge in [0.2, 0.25) is 0 Å². The van der Waals surface area contributed by atoms with Crippen molar-refractivity contribution in [1.29, 1.82) is 0 Å². The first-order valence-electron chi connectivity index (χ1n) is 7.88. The zero-order valence-electron chi connectivity index (χ0n) is 13.7. The lowest BCUT2D eigenvalue weighted by Crippen LogP contribution is -2.29. The quantitative estimate of drug-likeness (QED) is 0.610. The molecule has 0 aliphatic heterocycles. The molecular formula is C19H17BrN4O. The van der Waals surface area contributed by atoms with E-state index in [9.17, 15) is 4.79 Å². The third kappa shape index (κ3) is 4.22. The van der Waals surface area contributed by atoms with Crippen LogP contribution in [0.3, 0.4) is 0 Å². The lowest BCUT2D eigenvalue weighted by molar-refractivity contribution is -0.114. The van der Waals surface area contributed by atoms with E-state index < -0.39 is 0 Å². The van der Waals surface area contributed by atoms with Crippen molar-refractivity contribution in [2.75, 3.05) is 11.4 Å². The summed E-state index contributed by atoms with van der Waals surface area (Å²) >= 11 is 3.35. The van der Waals surface area contributed by atoms with Gasteiger partial charge in [-0.05, 0) is 53.2 Å². The molecule has 2 aromatic heterocycles. The van der Waals surface area contributed by atoms with Crippen molar-refractivity contribution < 1.29 is 4.79 Å². The average molecular weight is 397 g/mol. The zero-order chi connectivity index (χ0) is 17.6. The second-order valence-electron chi connectivity index (χ2n) is 5.30. The summed E-state index contributed by atoms with van der Waals surface area (Å²) in [6, 6.07) is 13.5. The minimum atomic E-state index is -0.121. The fraction of sp³-hybridized carbons (Fsp3) is 0.105. The summed E-state index contributed by atoms with van der Waals surface area (Å²) in [5, 5.41) is 4.32. The van der Waals surface area contributed by atoms with E-state index in [1.165, 1.54) is 0 Å². The number of halogens is 1. The highest BCUT2D eigenvalue weighted by Gasteiger charge is 2.12. The number of para-hydroxylation sites is 1. The largest absolute Gasteiger partial charge is 0.294 e. The van der Waals surface area contributed by atoms with Gasteiger partial charge in [0.25, 0.3) is 5.91 Å². The molecule has 1 amide bonds. The number of anilines is 1. The van der Waals surface area contributed by atoms with E-state index in [0.29, 0.717) is 12.4 Å². The highest BCUT2D eigenvalue weighted by atomic mass is 79.9. The SMILES string of the molecule is CCN(C(=O)/C=C/c1cnn(-c2ccccc2)c1)c1ccc(Br)cn1. The Balaban J connectivity index is 1.73. The van der Waals surface area contributed by atoms with Crippen LogP contribution in [-0.4, -0.2) is 27.2 Å². The third-order valence-electron chi connectivity index (χ3n) is 3.61. The lowest BCUT2D eigenvalue weighted by atomic mass is 10.3. The number of hydrogen-bond donors (Lipinski definition) is 0. The molecule has 0 aliphatic rings. The first-order valence-corrected chi connectivity index (χ1v) is 8.68. The lowest BCUT2D eigenvalue weighted by Gasteiger charge is -2.17. The van der Waals surface area contributed by atoms with Crippen LogP contribution in [0.4, 0.5) is 5.82 Å². The second kappa shape index (κ2) is 7.90. The van der Waals surface area contributed by atoms with Gasteiger partial charge < -0.3 is 0 Å². The number of carbonyl (C=O) groups excluding carboxylic acids is 1. The highest BCUT2D eigenvalue weighted by molar-refractivity contribution is 9.10. The number of likely N-dealkylation sites (N-methyl/N-ethyl adjacent to an activating group) is 1. The first-order chi connectivity index (χ1) is 12.2. The zero-order valence-corrected chi connectivity index (χ0v) is 15.3. The van der Waals surface area contributed by atoms with Crippen LogP contribution in [0.5, 0.6) is 0 Å². The van der Waals surface area contributed by atoms with Gasteiger partial charge in [-0.25, -0.2) is 9.67 Å². The normalized spacial score (nSPS) is 11.0. The van der Waals surface area contributed by atoms with Crippen LogP contribution in [0.25, 0.3) is 11.8 Å². The number of amides is 1. The highest BCUT2D eigenvalue weighted by Crippen LogP contribution is 2.15. The number of nitrogens with zero attached hydrogens (tertiary/aromatic N) is 4. The Morgan fingerprint density at radius 3 is 2.68 bits per heavy atom.